The summed E-state index contributed by atoms with van der Waals surface area (Å²) in [5, 5.41) is 9.62. The molecule has 0 saturated carbocycles. The summed E-state index contributed by atoms with van der Waals surface area (Å²) >= 11 is 0. The Morgan fingerprint density at radius 3 is 1.59 bits per heavy atom. The van der Waals surface area contributed by atoms with E-state index in [1.807, 2.05) is 6.92 Å². The molecule has 1 unspecified atom stereocenters. The summed E-state index contributed by atoms with van der Waals surface area (Å²) in [6, 6.07) is 0. The Morgan fingerprint density at radius 1 is 0.765 bits per heavy atom. The molecule has 1 atom stereocenters. The van der Waals surface area contributed by atoms with E-state index >= 15 is 0 Å². The Bertz CT molecular complexity index is 157. The first-order valence-corrected chi connectivity index (χ1v) is 7.63. The van der Waals surface area contributed by atoms with Crippen LogP contribution in [0, 0.1) is 0 Å². The molecule has 0 amide bonds. The van der Waals surface area contributed by atoms with Gasteiger partial charge in [-0.2, -0.15) is 0 Å². The normalized spacial score (nSPS) is 14.8. The van der Waals surface area contributed by atoms with Crippen LogP contribution in [0.4, 0.5) is 0 Å². The largest absolute Gasteiger partial charge is 0.376 e. The van der Waals surface area contributed by atoms with Crippen LogP contribution >= 0.6 is 0 Å². The second kappa shape index (κ2) is 11.0. The first-order chi connectivity index (χ1) is 8.12. The second-order valence-electron chi connectivity index (χ2n) is 5.39. The molecule has 0 aliphatic heterocycles. The second-order valence-corrected chi connectivity index (χ2v) is 5.39. The van der Waals surface area contributed by atoms with E-state index in [9.17, 15) is 5.11 Å². The molecule has 17 heavy (non-hydrogen) atoms. The lowest BCUT2D eigenvalue weighted by molar-refractivity contribution is 0.0314. The number of nitrogens with two attached hydrogens (primary N) is 1. The number of rotatable bonds is 12. The average Bonchev–Trinajstić information content (AvgIpc) is 2.31. The Labute approximate surface area is 108 Å². The van der Waals surface area contributed by atoms with Crippen LogP contribution in [0.3, 0.4) is 0 Å². The standard InChI is InChI=1S/C15H33NO/c1-3-5-6-7-8-9-10-11-12-13-14-15(16,17)4-2/h17H,3-14,16H2,1-2H3. The molecule has 104 valence electrons. The fraction of sp³-hybridized carbons (Fsp3) is 1.00. The molecule has 0 heterocycles. The number of unbranched alkanes of at least 4 members (excludes halogenated alkanes) is 9. The summed E-state index contributed by atoms with van der Waals surface area (Å²) in [6.45, 7) is 4.20. The van der Waals surface area contributed by atoms with E-state index in [-0.39, 0.29) is 0 Å². The topological polar surface area (TPSA) is 46.2 Å². The minimum Gasteiger partial charge on any atom is -0.376 e. The first-order valence-electron chi connectivity index (χ1n) is 7.63. The average molecular weight is 243 g/mol. The predicted molar refractivity (Wildman–Crippen MR) is 75.9 cm³/mol. The molecule has 0 aliphatic rings. The van der Waals surface area contributed by atoms with Crippen molar-refractivity contribution < 1.29 is 5.11 Å². The summed E-state index contributed by atoms with van der Waals surface area (Å²) in [4.78, 5) is 0. The summed E-state index contributed by atoms with van der Waals surface area (Å²) < 4.78 is 0. The summed E-state index contributed by atoms with van der Waals surface area (Å²) in [6.07, 6.45) is 14.7. The number of aliphatic hydroxyl groups is 1. The van der Waals surface area contributed by atoms with Crippen molar-refractivity contribution in [2.45, 2.75) is 96.6 Å². The third-order valence-corrected chi connectivity index (χ3v) is 3.58. The van der Waals surface area contributed by atoms with E-state index in [1.54, 1.807) is 0 Å². The zero-order chi connectivity index (χ0) is 13.0. The lowest BCUT2D eigenvalue weighted by Gasteiger charge is -2.20. The molecule has 0 spiro atoms. The van der Waals surface area contributed by atoms with Crippen LogP contribution in [-0.2, 0) is 0 Å². The van der Waals surface area contributed by atoms with Gasteiger partial charge in [0.15, 0.2) is 0 Å². The predicted octanol–water partition coefficient (Wildman–Crippen LogP) is 4.35. The van der Waals surface area contributed by atoms with Crippen molar-refractivity contribution in [1.29, 1.82) is 0 Å². The van der Waals surface area contributed by atoms with Gasteiger partial charge in [-0.25, -0.2) is 0 Å². The molecular weight excluding hydrogens is 210 g/mol. The summed E-state index contributed by atoms with van der Waals surface area (Å²) in [7, 11) is 0. The van der Waals surface area contributed by atoms with Crippen LogP contribution in [0.15, 0.2) is 0 Å². The van der Waals surface area contributed by atoms with E-state index in [0.717, 1.165) is 12.8 Å². The molecule has 0 saturated heterocycles. The first kappa shape index (κ1) is 16.9. The van der Waals surface area contributed by atoms with Crippen LogP contribution in [0.2, 0.25) is 0 Å². The van der Waals surface area contributed by atoms with E-state index in [4.69, 9.17) is 5.73 Å². The van der Waals surface area contributed by atoms with Gasteiger partial charge in [0.1, 0.15) is 5.72 Å². The number of hydrogen-bond donors (Lipinski definition) is 2. The van der Waals surface area contributed by atoms with Crippen molar-refractivity contribution in [2.75, 3.05) is 0 Å². The van der Waals surface area contributed by atoms with E-state index in [0.29, 0.717) is 6.42 Å². The minimum atomic E-state index is -0.917. The monoisotopic (exact) mass is 243 g/mol. The minimum absolute atomic E-state index is 0.657. The third-order valence-electron chi connectivity index (χ3n) is 3.58. The highest BCUT2D eigenvalue weighted by molar-refractivity contribution is 4.67. The Morgan fingerprint density at radius 2 is 1.18 bits per heavy atom. The van der Waals surface area contributed by atoms with Gasteiger partial charge in [-0.3, -0.25) is 0 Å². The van der Waals surface area contributed by atoms with Crippen molar-refractivity contribution in [1.82, 2.24) is 0 Å². The molecule has 0 aromatic carbocycles. The zero-order valence-electron chi connectivity index (χ0n) is 12.0. The lowest BCUT2D eigenvalue weighted by atomic mass is 10.0. The maximum Gasteiger partial charge on any atom is 0.113 e. The van der Waals surface area contributed by atoms with E-state index in [2.05, 4.69) is 6.92 Å². The van der Waals surface area contributed by atoms with Gasteiger partial charge in [0.2, 0.25) is 0 Å². The van der Waals surface area contributed by atoms with Crippen molar-refractivity contribution in [2.24, 2.45) is 5.73 Å². The van der Waals surface area contributed by atoms with Crippen LogP contribution in [0.1, 0.15) is 90.9 Å². The van der Waals surface area contributed by atoms with Crippen molar-refractivity contribution in [3.63, 3.8) is 0 Å². The maximum absolute atomic E-state index is 9.62. The van der Waals surface area contributed by atoms with Gasteiger partial charge in [0.25, 0.3) is 0 Å². The van der Waals surface area contributed by atoms with Crippen LogP contribution in [-0.4, -0.2) is 10.8 Å². The quantitative estimate of drug-likeness (QED) is 0.395. The molecule has 0 aromatic heterocycles. The van der Waals surface area contributed by atoms with Gasteiger partial charge in [0, 0.05) is 0 Å². The van der Waals surface area contributed by atoms with Gasteiger partial charge in [-0.15, -0.1) is 0 Å². The molecule has 0 aliphatic carbocycles. The SMILES string of the molecule is CCCCCCCCCCCCC(N)(O)CC. The molecular formula is C15H33NO. The maximum atomic E-state index is 9.62. The Kier molecular flexibility index (Phi) is 11.0. The van der Waals surface area contributed by atoms with Crippen molar-refractivity contribution in [3.8, 4) is 0 Å². The van der Waals surface area contributed by atoms with Gasteiger partial charge in [-0.05, 0) is 19.3 Å². The number of hydrogen-bond acceptors (Lipinski definition) is 2. The molecule has 0 aromatic rings. The lowest BCUT2D eigenvalue weighted by Crippen LogP contribution is -2.38. The fourth-order valence-electron chi connectivity index (χ4n) is 2.10. The van der Waals surface area contributed by atoms with Gasteiger partial charge in [0.05, 0.1) is 0 Å². The van der Waals surface area contributed by atoms with Crippen LogP contribution in [0.25, 0.3) is 0 Å². The molecule has 0 bridgehead atoms. The van der Waals surface area contributed by atoms with Crippen LogP contribution in [0.5, 0.6) is 0 Å². The highest BCUT2D eigenvalue weighted by Gasteiger charge is 2.16. The highest BCUT2D eigenvalue weighted by atomic mass is 16.3. The fourth-order valence-corrected chi connectivity index (χ4v) is 2.10. The molecule has 0 rings (SSSR count). The summed E-state index contributed by atoms with van der Waals surface area (Å²) in [5.74, 6) is 0. The highest BCUT2D eigenvalue weighted by Crippen LogP contribution is 2.15. The smallest absolute Gasteiger partial charge is 0.113 e. The van der Waals surface area contributed by atoms with Crippen molar-refractivity contribution in [3.05, 3.63) is 0 Å². The Hall–Kier alpha value is -0.0800. The zero-order valence-corrected chi connectivity index (χ0v) is 12.0. The molecule has 2 nitrogen and oxygen atoms in total. The van der Waals surface area contributed by atoms with E-state index in [1.165, 1.54) is 57.8 Å². The Balaban J connectivity index is 3.09. The third kappa shape index (κ3) is 12.2. The van der Waals surface area contributed by atoms with Crippen molar-refractivity contribution >= 4 is 0 Å². The van der Waals surface area contributed by atoms with Gasteiger partial charge >= 0.3 is 0 Å². The molecule has 2 heteroatoms. The molecule has 0 fully saturated rings. The summed E-state index contributed by atoms with van der Waals surface area (Å²) in [5.41, 5.74) is 4.76. The molecule has 0 radical (unpaired) electrons. The van der Waals surface area contributed by atoms with Gasteiger partial charge < -0.3 is 10.8 Å². The van der Waals surface area contributed by atoms with E-state index < -0.39 is 5.72 Å². The molecule has 3 N–H and O–H groups in total. The van der Waals surface area contributed by atoms with Crippen LogP contribution < -0.4 is 5.73 Å². The van der Waals surface area contributed by atoms with Gasteiger partial charge in [-0.1, -0.05) is 71.6 Å².